The Hall–Kier alpha value is -1.69. The largest absolute Gasteiger partial charge is 0.396 e. The van der Waals surface area contributed by atoms with E-state index in [1.165, 1.54) is 0 Å². The van der Waals surface area contributed by atoms with Gasteiger partial charge in [0.2, 0.25) is 0 Å². The van der Waals surface area contributed by atoms with E-state index >= 15 is 0 Å². The van der Waals surface area contributed by atoms with Crippen LogP contribution in [0.4, 0.5) is 10.5 Å². The van der Waals surface area contributed by atoms with Gasteiger partial charge in [0.05, 0.1) is 18.1 Å². The summed E-state index contributed by atoms with van der Waals surface area (Å²) in [4.78, 5) is 20.2. The van der Waals surface area contributed by atoms with E-state index in [0.717, 1.165) is 18.7 Å². The van der Waals surface area contributed by atoms with Gasteiger partial charge in [-0.05, 0) is 33.1 Å². The molecule has 6 nitrogen and oxygen atoms in total. The summed E-state index contributed by atoms with van der Waals surface area (Å²) >= 11 is 0. The zero-order chi connectivity index (χ0) is 13.9. The molecule has 1 aromatic rings. The van der Waals surface area contributed by atoms with Crippen molar-refractivity contribution in [1.82, 2.24) is 15.3 Å². The number of nitrogens with one attached hydrogen (secondary N) is 2. The number of hydrogen-bond acceptors (Lipinski definition) is 4. The van der Waals surface area contributed by atoms with Crippen LogP contribution < -0.4 is 10.6 Å². The first-order chi connectivity index (χ1) is 9.00. The van der Waals surface area contributed by atoms with Gasteiger partial charge >= 0.3 is 6.03 Å². The van der Waals surface area contributed by atoms with E-state index in [1.54, 1.807) is 12.4 Å². The third kappa shape index (κ3) is 4.17. The van der Waals surface area contributed by atoms with Crippen molar-refractivity contribution >= 4 is 11.7 Å². The molecule has 2 rings (SSSR count). The molecule has 3 N–H and O–H groups in total. The first-order valence-electron chi connectivity index (χ1n) is 6.52. The van der Waals surface area contributed by atoms with Gasteiger partial charge in [0, 0.05) is 18.1 Å². The zero-order valence-corrected chi connectivity index (χ0v) is 11.3. The highest BCUT2D eigenvalue weighted by atomic mass is 16.3. The number of aromatic nitrogens is 2. The van der Waals surface area contributed by atoms with Gasteiger partial charge in [0.15, 0.2) is 0 Å². The average Bonchev–Trinajstić information content (AvgIpc) is 3.12. The molecule has 0 atom stereocenters. The van der Waals surface area contributed by atoms with Crippen LogP contribution in [0, 0.1) is 0 Å². The summed E-state index contributed by atoms with van der Waals surface area (Å²) in [6.45, 7) is 3.75. The predicted molar refractivity (Wildman–Crippen MR) is 71.9 cm³/mol. The highest BCUT2D eigenvalue weighted by molar-refractivity contribution is 5.89. The monoisotopic (exact) mass is 264 g/mol. The molecule has 0 radical (unpaired) electrons. The van der Waals surface area contributed by atoms with Gasteiger partial charge in [0.1, 0.15) is 5.82 Å². The third-order valence-electron chi connectivity index (χ3n) is 3.06. The molecule has 19 heavy (non-hydrogen) atoms. The van der Waals surface area contributed by atoms with Crippen LogP contribution in [0.2, 0.25) is 0 Å². The van der Waals surface area contributed by atoms with Crippen molar-refractivity contribution in [3.63, 3.8) is 0 Å². The normalized spacial score (nSPS) is 15.1. The molecule has 0 spiro atoms. The zero-order valence-electron chi connectivity index (χ0n) is 11.3. The number of rotatable bonds is 5. The van der Waals surface area contributed by atoms with Crippen LogP contribution in [0.3, 0.4) is 0 Å². The topological polar surface area (TPSA) is 87.1 Å². The quantitative estimate of drug-likeness (QED) is 0.754. The summed E-state index contributed by atoms with van der Waals surface area (Å²) in [5.41, 5.74) is 0.120. The molecule has 6 heteroatoms. The van der Waals surface area contributed by atoms with Crippen molar-refractivity contribution in [2.75, 3.05) is 11.9 Å². The predicted octanol–water partition coefficient (Wildman–Crippen LogP) is 1.64. The molecule has 0 saturated heterocycles. The first-order valence-corrected chi connectivity index (χ1v) is 6.52. The van der Waals surface area contributed by atoms with Gasteiger partial charge in [-0.25, -0.2) is 14.8 Å². The second-order valence-electron chi connectivity index (χ2n) is 5.54. The van der Waals surface area contributed by atoms with E-state index in [1.807, 2.05) is 13.8 Å². The molecule has 1 heterocycles. The Morgan fingerprint density at radius 3 is 2.58 bits per heavy atom. The maximum atomic E-state index is 11.8. The van der Waals surface area contributed by atoms with E-state index in [9.17, 15) is 4.79 Å². The molecule has 1 fully saturated rings. The Labute approximate surface area is 112 Å². The molecule has 2 amide bonds. The molecule has 0 bridgehead atoms. The van der Waals surface area contributed by atoms with Crippen LogP contribution in [0.1, 0.15) is 44.9 Å². The molecule has 104 valence electrons. The Balaban J connectivity index is 1.87. The molecular weight excluding hydrogens is 244 g/mol. The van der Waals surface area contributed by atoms with E-state index in [0.29, 0.717) is 18.0 Å². The van der Waals surface area contributed by atoms with Gasteiger partial charge in [0.25, 0.3) is 0 Å². The van der Waals surface area contributed by atoms with Crippen LogP contribution >= 0.6 is 0 Å². The fourth-order valence-electron chi connectivity index (χ4n) is 1.77. The molecular formula is C13H20N4O2. The van der Waals surface area contributed by atoms with Gasteiger partial charge < -0.3 is 15.7 Å². The maximum Gasteiger partial charge on any atom is 0.319 e. The van der Waals surface area contributed by atoms with Gasteiger partial charge in [-0.2, -0.15) is 0 Å². The molecule has 1 aliphatic carbocycles. The van der Waals surface area contributed by atoms with E-state index in [-0.39, 0.29) is 12.6 Å². The highest BCUT2D eigenvalue weighted by Crippen LogP contribution is 2.37. The Bertz CT molecular complexity index is 440. The summed E-state index contributed by atoms with van der Waals surface area (Å²) in [6.07, 6.45) is 6.06. The summed E-state index contributed by atoms with van der Waals surface area (Å²) in [5.74, 6) is 1.36. The van der Waals surface area contributed by atoms with E-state index < -0.39 is 5.54 Å². The van der Waals surface area contributed by atoms with Crippen molar-refractivity contribution in [3.8, 4) is 0 Å². The standard InChI is InChI=1S/C13H20N4O2/c1-13(2,5-6-18)17-12(19)16-10-7-14-11(15-8-10)9-3-4-9/h7-9,18H,3-6H2,1-2H3,(H2,16,17,19). The number of urea groups is 1. The highest BCUT2D eigenvalue weighted by Gasteiger charge is 2.26. The van der Waals surface area contributed by atoms with Crippen LogP contribution in [-0.2, 0) is 0 Å². The van der Waals surface area contributed by atoms with Crippen LogP contribution in [0.15, 0.2) is 12.4 Å². The lowest BCUT2D eigenvalue weighted by Crippen LogP contribution is -2.46. The Morgan fingerprint density at radius 2 is 2.05 bits per heavy atom. The second kappa shape index (κ2) is 5.52. The number of amides is 2. The van der Waals surface area contributed by atoms with Gasteiger partial charge in [-0.3, -0.25) is 0 Å². The minimum atomic E-state index is -0.451. The van der Waals surface area contributed by atoms with Crippen molar-refractivity contribution in [2.45, 2.75) is 44.6 Å². The lowest BCUT2D eigenvalue weighted by atomic mass is 10.0. The van der Waals surface area contributed by atoms with E-state index in [2.05, 4.69) is 20.6 Å². The average molecular weight is 264 g/mol. The third-order valence-corrected chi connectivity index (χ3v) is 3.06. The molecule has 0 aromatic carbocycles. The lowest BCUT2D eigenvalue weighted by Gasteiger charge is -2.25. The lowest BCUT2D eigenvalue weighted by molar-refractivity contribution is 0.218. The number of nitrogens with zero attached hydrogens (tertiary/aromatic N) is 2. The first kappa shape index (κ1) is 13.7. The Morgan fingerprint density at radius 1 is 1.42 bits per heavy atom. The Kier molecular flexibility index (Phi) is 3.99. The van der Waals surface area contributed by atoms with E-state index in [4.69, 9.17) is 5.11 Å². The van der Waals surface area contributed by atoms with Crippen molar-refractivity contribution in [3.05, 3.63) is 18.2 Å². The number of hydrogen-bond donors (Lipinski definition) is 3. The van der Waals surface area contributed by atoms with Crippen LogP contribution in [0.25, 0.3) is 0 Å². The SMILES string of the molecule is CC(C)(CCO)NC(=O)Nc1cnc(C2CC2)nc1. The molecule has 1 aliphatic rings. The summed E-state index contributed by atoms with van der Waals surface area (Å²) < 4.78 is 0. The van der Waals surface area contributed by atoms with Crippen molar-refractivity contribution in [1.29, 1.82) is 0 Å². The molecule has 0 unspecified atom stereocenters. The maximum absolute atomic E-state index is 11.8. The number of aliphatic hydroxyl groups excluding tert-OH is 1. The molecule has 1 aromatic heterocycles. The molecule has 0 aliphatic heterocycles. The van der Waals surface area contributed by atoms with Crippen molar-refractivity contribution < 1.29 is 9.90 Å². The summed E-state index contributed by atoms with van der Waals surface area (Å²) in [5, 5.41) is 14.4. The minimum absolute atomic E-state index is 0.0342. The number of aliphatic hydroxyl groups is 1. The number of carbonyl (C=O) groups is 1. The van der Waals surface area contributed by atoms with Crippen LogP contribution in [0.5, 0.6) is 0 Å². The van der Waals surface area contributed by atoms with Gasteiger partial charge in [-0.15, -0.1) is 0 Å². The number of anilines is 1. The fourth-order valence-corrected chi connectivity index (χ4v) is 1.77. The summed E-state index contributed by atoms with van der Waals surface area (Å²) in [7, 11) is 0. The fraction of sp³-hybridized carbons (Fsp3) is 0.615. The smallest absolute Gasteiger partial charge is 0.319 e. The van der Waals surface area contributed by atoms with Crippen molar-refractivity contribution in [2.24, 2.45) is 0 Å². The summed E-state index contributed by atoms with van der Waals surface area (Å²) in [6, 6.07) is -0.318. The minimum Gasteiger partial charge on any atom is -0.396 e. The molecule has 1 saturated carbocycles. The van der Waals surface area contributed by atoms with Gasteiger partial charge in [-0.1, -0.05) is 0 Å². The second-order valence-corrected chi connectivity index (χ2v) is 5.54. The number of carbonyl (C=O) groups excluding carboxylic acids is 1. The van der Waals surface area contributed by atoms with Crippen LogP contribution in [-0.4, -0.2) is 33.3 Å².